The minimum atomic E-state index is 0.228. The Morgan fingerprint density at radius 1 is 1.19 bits per heavy atom. The van der Waals surface area contributed by atoms with Gasteiger partial charge in [0.25, 0.3) is 0 Å². The van der Waals surface area contributed by atoms with Crippen LogP contribution in [0.3, 0.4) is 0 Å². The highest BCUT2D eigenvalue weighted by molar-refractivity contribution is 14.1. The number of hydrogen-bond donors (Lipinski definition) is 1. The molecule has 16 heavy (non-hydrogen) atoms. The van der Waals surface area contributed by atoms with Gasteiger partial charge in [-0.3, -0.25) is 0 Å². The summed E-state index contributed by atoms with van der Waals surface area (Å²) in [5, 5.41) is 0. The topological polar surface area (TPSA) is 26.0 Å². The fourth-order valence-corrected chi connectivity index (χ4v) is 1.97. The molecule has 2 N–H and O–H groups in total. The fraction of sp³-hybridized carbons (Fsp3) is 0.571. The van der Waals surface area contributed by atoms with Crippen LogP contribution in [-0.2, 0) is 6.42 Å². The molecule has 0 spiro atoms. The Kier molecular flexibility index (Phi) is 5.25. The van der Waals surface area contributed by atoms with E-state index in [2.05, 4.69) is 67.6 Å². The van der Waals surface area contributed by atoms with Crippen LogP contribution in [-0.4, -0.2) is 6.04 Å². The second kappa shape index (κ2) is 6.01. The maximum Gasteiger partial charge on any atom is 0.0130 e. The average molecular weight is 331 g/mol. The average Bonchev–Trinajstić information content (AvgIpc) is 2.19. The van der Waals surface area contributed by atoms with Crippen LogP contribution in [0, 0.1) is 8.99 Å². The number of aryl methyl sites for hydroxylation is 1. The van der Waals surface area contributed by atoms with E-state index in [1.807, 2.05) is 0 Å². The van der Waals surface area contributed by atoms with E-state index in [1.54, 1.807) is 0 Å². The quantitative estimate of drug-likeness (QED) is 0.830. The lowest BCUT2D eigenvalue weighted by molar-refractivity contribution is 0.301. The van der Waals surface area contributed by atoms with Gasteiger partial charge in [0.05, 0.1) is 0 Å². The van der Waals surface area contributed by atoms with Gasteiger partial charge in [0, 0.05) is 9.61 Å². The third-order valence-corrected chi connectivity index (χ3v) is 3.73. The summed E-state index contributed by atoms with van der Waals surface area (Å²) < 4.78 is 1.30. The van der Waals surface area contributed by atoms with E-state index < -0.39 is 0 Å². The minimum Gasteiger partial charge on any atom is -0.327 e. The SMILES string of the molecule is CC(C)(C)C(N)CCCc1ccc(I)cc1. The van der Waals surface area contributed by atoms with Gasteiger partial charge in [0.15, 0.2) is 0 Å². The van der Waals surface area contributed by atoms with Gasteiger partial charge in [0.1, 0.15) is 0 Å². The van der Waals surface area contributed by atoms with Crippen LogP contribution in [0.15, 0.2) is 24.3 Å². The molecule has 0 bridgehead atoms. The second-order valence-electron chi connectivity index (χ2n) is 5.49. The van der Waals surface area contributed by atoms with Crippen molar-refractivity contribution in [3.63, 3.8) is 0 Å². The first-order chi connectivity index (χ1) is 7.39. The van der Waals surface area contributed by atoms with Gasteiger partial charge < -0.3 is 5.73 Å². The maximum absolute atomic E-state index is 6.14. The van der Waals surface area contributed by atoms with Crippen molar-refractivity contribution in [1.82, 2.24) is 0 Å². The smallest absolute Gasteiger partial charge is 0.0130 e. The molecule has 1 nitrogen and oxygen atoms in total. The zero-order chi connectivity index (χ0) is 12.2. The molecular weight excluding hydrogens is 309 g/mol. The lowest BCUT2D eigenvalue weighted by atomic mass is 9.84. The first-order valence-corrected chi connectivity index (χ1v) is 6.97. The standard InChI is InChI=1S/C14H22IN/c1-14(2,3)13(16)6-4-5-11-7-9-12(15)10-8-11/h7-10,13H,4-6,16H2,1-3H3. The predicted octanol–water partition coefficient (Wildman–Crippen LogP) is 3.99. The lowest BCUT2D eigenvalue weighted by Crippen LogP contribution is -2.34. The van der Waals surface area contributed by atoms with Crippen molar-refractivity contribution >= 4 is 22.6 Å². The predicted molar refractivity (Wildman–Crippen MR) is 79.5 cm³/mol. The van der Waals surface area contributed by atoms with Crippen LogP contribution in [0.4, 0.5) is 0 Å². The van der Waals surface area contributed by atoms with Crippen LogP contribution < -0.4 is 5.73 Å². The number of nitrogens with two attached hydrogens (primary N) is 1. The van der Waals surface area contributed by atoms with E-state index in [0.717, 1.165) is 12.8 Å². The third kappa shape index (κ3) is 4.83. The van der Waals surface area contributed by atoms with Crippen molar-refractivity contribution < 1.29 is 0 Å². The Balaban J connectivity index is 2.33. The van der Waals surface area contributed by atoms with Crippen LogP contribution in [0.2, 0.25) is 0 Å². The highest BCUT2D eigenvalue weighted by Gasteiger charge is 2.19. The lowest BCUT2D eigenvalue weighted by Gasteiger charge is -2.26. The maximum atomic E-state index is 6.14. The van der Waals surface area contributed by atoms with E-state index in [9.17, 15) is 0 Å². The summed E-state index contributed by atoms with van der Waals surface area (Å²) >= 11 is 2.34. The molecule has 0 saturated heterocycles. The largest absolute Gasteiger partial charge is 0.327 e. The van der Waals surface area contributed by atoms with Crippen molar-refractivity contribution in [2.24, 2.45) is 11.1 Å². The highest BCUT2D eigenvalue weighted by atomic mass is 127. The number of hydrogen-bond acceptors (Lipinski definition) is 1. The summed E-state index contributed by atoms with van der Waals surface area (Å²) in [5.41, 5.74) is 7.78. The van der Waals surface area contributed by atoms with E-state index >= 15 is 0 Å². The molecule has 0 fully saturated rings. The molecule has 2 heteroatoms. The summed E-state index contributed by atoms with van der Waals surface area (Å²) in [4.78, 5) is 0. The van der Waals surface area contributed by atoms with Crippen molar-refractivity contribution in [2.75, 3.05) is 0 Å². The molecule has 1 rings (SSSR count). The van der Waals surface area contributed by atoms with Gasteiger partial charge in [-0.1, -0.05) is 32.9 Å². The summed E-state index contributed by atoms with van der Waals surface area (Å²) in [7, 11) is 0. The molecule has 0 aliphatic heterocycles. The summed E-state index contributed by atoms with van der Waals surface area (Å²) in [5.74, 6) is 0. The molecule has 1 unspecified atom stereocenters. The number of rotatable bonds is 4. The van der Waals surface area contributed by atoms with E-state index in [-0.39, 0.29) is 5.41 Å². The molecule has 90 valence electrons. The molecule has 0 amide bonds. The Hall–Kier alpha value is -0.0900. The van der Waals surface area contributed by atoms with Crippen LogP contribution in [0.25, 0.3) is 0 Å². The normalized spacial score (nSPS) is 13.8. The first kappa shape index (κ1) is 14.0. The van der Waals surface area contributed by atoms with E-state index in [4.69, 9.17) is 5.73 Å². The zero-order valence-corrected chi connectivity index (χ0v) is 12.6. The Morgan fingerprint density at radius 2 is 1.75 bits per heavy atom. The third-order valence-electron chi connectivity index (χ3n) is 3.01. The number of benzene rings is 1. The molecule has 0 saturated carbocycles. The van der Waals surface area contributed by atoms with Crippen LogP contribution >= 0.6 is 22.6 Å². The van der Waals surface area contributed by atoms with Crippen LogP contribution in [0.5, 0.6) is 0 Å². The fourth-order valence-electron chi connectivity index (χ4n) is 1.61. The summed E-state index contributed by atoms with van der Waals surface area (Å²) in [6.07, 6.45) is 3.43. The van der Waals surface area contributed by atoms with Crippen molar-refractivity contribution in [1.29, 1.82) is 0 Å². The summed E-state index contributed by atoms with van der Waals surface area (Å²) in [6.45, 7) is 6.63. The van der Waals surface area contributed by atoms with Crippen molar-refractivity contribution in [3.05, 3.63) is 33.4 Å². The minimum absolute atomic E-state index is 0.228. The van der Waals surface area contributed by atoms with Crippen LogP contribution in [0.1, 0.15) is 39.2 Å². The van der Waals surface area contributed by atoms with Gasteiger partial charge >= 0.3 is 0 Å². The van der Waals surface area contributed by atoms with E-state index in [0.29, 0.717) is 6.04 Å². The van der Waals surface area contributed by atoms with Crippen molar-refractivity contribution in [3.8, 4) is 0 Å². The van der Waals surface area contributed by atoms with Gasteiger partial charge in [-0.2, -0.15) is 0 Å². The van der Waals surface area contributed by atoms with Gasteiger partial charge in [0.2, 0.25) is 0 Å². The highest BCUT2D eigenvalue weighted by Crippen LogP contribution is 2.21. The second-order valence-corrected chi connectivity index (χ2v) is 6.74. The zero-order valence-electron chi connectivity index (χ0n) is 10.5. The Labute approximate surface area is 113 Å². The van der Waals surface area contributed by atoms with Gasteiger partial charge in [-0.05, 0) is 65.0 Å². The van der Waals surface area contributed by atoms with Gasteiger partial charge in [-0.15, -0.1) is 0 Å². The molecule has 0 aromatic heterocycles. The molecular formula is C14H22IN. The monoisotopic (exact) mass is 331 g/mol. The molecule has 0 aliphatic carbocycles. The Morgan fingerprint density at radius 3 is 2.25 bits per heavy atom. The molecule has 1 aromatic carbocycles. The molecule has 1 atom stereocenters. The Bertz CT molecular complexity index is 311. The number of halogens is 1. The molecule has 0 aliphatic rings. The van der Waals surface area contributed by atoms with Gasteiger partial charge in [-0.25, -0.2) is 0 Å². The summed E-state index contributed by atoms with van der Waals surface area (Å²) in [6, 6.07) is 9.06. The molecule has 0 heterocycles. The molecule has 1 aromatic rings. The van der Waals surface area contributed by atoms with Crippen molar-refractivity contribution in [2.45, 2.75) is 46.1 Å². The van der Waals surface area contributed by atoms with E-state index in [1.165, 1.54) is 15.6 Å². The first-order valence-electron chi connectivity index (χ1n) is 5.89. The molecule has 0 radical (unpaired) electrons.